The number of hydrogen-bond acceptors (Lipinski definition) is 5. The Balaban J connectivity index is 1.53. The van der Waals surface area contributed by atoms with Crippen molar-refractivity contribution in [1.29, 1.82) is 0 Å². The molecule has 1 saturated heterocycles. The molecule has 4 rings (SSSR count). The highest BCUT2D eigenvalue weighted by atomic mass is 16.4. The molecule has 1 fully saturated rings. The average molecular weight is 389 g/mol. The van der Waals surface area contributed by atoms with Crippen molar-refractivity contribution in [2.24, 2.45) is 5.73 Å². The molecular weight excluding hydrogens is 365 g/mol. The van der Waals surface area contributed by atoms with Crippen LogP contribution in [0.4, 0.5) is 0 Å². The zero-order chi connectivity index (χ0) is 20.4. The first-order valence-electron chi connectivity index (χ1n) is 9.90. The lowest BCUT2D eigenvalue weighted by Crippen LogP contribution is -2.38. The summed E-state index contributed by atoms with van der Waals surface area (Å²) in [6.07, 6.45) is 3.39. The van der Waals surface area contributed by atoms with Crippen molar-refractivity contribution in [3.63, 3.8) is 0 Å². The van der Waals surface area contributed by atoms with Crippen LogP contribution >= 0.6 is 0 Å². The summed E-state index contributed by atoms with van der Waals surface area (Å²) in [5.41, 5.74) is 8.88. The summed E-state index contributed by atoms with van der Waals surface area (Å²) in [6.45, 7) is 1.91. The minimum Gasteiger partial charge on any atom is -0.422 e. The molecule has 3 aromatic rings. The number of carbonyl (C=O) groups is 1. The van der Waals surface area contributed by atoms with Crippen LogP contribution in [0.2, 0.25) is 0 Å². The lowest BCUT2D eigenvalue weighted by Gasteiger charge is -2.32. The number of aromatic nitrogens is 1. The van der Waals surface area contributed by atoms with Crippen molar-refractivity contribution < 1.29 is 14.8 Å². The second-order valence-electron chi connectivity index (χ2n) is 7.53. The van der Waals surface area contributed by atoms with Gasteiger partial charge in [-0.15, -0.1) is 0 Å². The molecule has 1 amide bonds. The van der Waals surface area contributed by atoms with E-state index in [0.29, 0.717) is 36.5 Å². The Hall–Kier alpha value is -2.74. The molecule has 1 aliphatic rings. The molecule has 0 bridgehead atoms. The van der Waals surface area contributed by atoms with Crippen molar-refractivity contribution in [2.75, 3.05) is 13.1 Å². The maximum Gasteiger partial charge on any atom is 0.508 e. The molecule has 29 heavy (non-hydrogen) atoms. The molecular formula is C22H24BN3O3. The standard InChI is InChI=1S/C22H24BN3O3/c24-13-15-3-1-4-17(11-15)16-7-9-26(10-8-16)22(27)19-6-2-5-18-14-25-21(23(28)29)12-20(18)19/h1-6,11-12,14,16,28-29H,7-10,13,24H2. The third-order valence-corrected chi connectivity index (χ3v) is 5.72. The van der Waals surface area contributed by atoms with Crippen molar-refractivity contribution in [3.8, 4) is 0 Å². The number of nitrogens with two attached hydrogens (primary N) is 1. The third-order valence-electron chi connectivity index (χ3n) is 5.72. The lowest BCUT2D eigenvalue weighted by molar-refractivity contribution is 0.0715. The molecule has 7 heteroatoms. The fraction of sp³-hybridized carbons (Fsp3) is 0.273. The van der Waals surface area contributed by atoms with E-state index in [2.05, 4.69) is 17.1 Å². The van der Waals surface area contributed by atoms with Crippen molar-refractivity contribution >= 4 is 29.4 Å². The van der Waals surface area contributed by atoms with Gasteiger partial charge in [-0.2, -0.15) is 0 Å². The molecule has 0 radical (unpaired) electrons. The lowest BCUT2D eigenvalue weighted by atomic mass is 9.84. The van der Waals surface area contributed by atoms with Crippen LogP contribution in [0, 0.1) is 0 Å². The summed E-state index contributed by atoms with van der Waals surface area (Å²) in [4.78, 5) is 19.1. The van der Waals surface area contributed by atoms with Crippen LogP contribution in [0.3, 0.4) is 0 Å². The zero-order valence-electron chi connectivity index (χ0n) is 16.2. The summed E-state index contributed by atoms with van der Waals surface area (Å²) in [5.74, 6) is 0.396. The molecule has 1 aliphatic heterocycles. The van der Waals surface area contributed by atoms with Gasteiger partial charge in [-0.25, -0.2) is 0 Å². The van der Waals surface area contributed by atoms with Crippen LogP contribution in [-0.4, -0.2) is 46.0 Å². The number of nitrogens with zero attached hydrogens (tertiary/aromatic N) is 2. The number of amides is 1. The SMILES string of the molecule is NCc1cccc(C2CCN(C(=O)c3cccc4cnc(B(O)O)cc34)CC2)c1. The zero-order valence-corrected chi connectivity index (χ0v) is 16.2. The highest BCUT2D eigenvalue weighted by Crippen LogP contribution is 2.30. The summed E-state index contributed by atoms with van der Waals surface area (Å²) in [5, 5.41) is 20.3. The smallest absolute Gasteiger partial charge is 0.422 e. The van der Waals surface area contributed by atoms with E-state index in [9.17, 15) is 14.8 Å². The number of rotatable bonds is 4. The van der Waals surface area contributed by atoms with Crippen LogP contribution < -0.4 is 11.3 Å². The van der Waals surface area contributed by atoms with Crippen LogP contribution in [0.5, 0.6) is 0 Å². The van der Waals surface area contributed by atoms with E-state index >= 15 is 0 Å². The monoisotopic (exact) mass is 389 g/mol. The number of piperidine rings is 1. The molecule has 0 atom stereocenters. The third kappa shape index (κ3) is 4.03. The van der Waals surface area contributed by atoms with E-state index < -0.39 is 7.12 Å². The summed E-state index contributed by atoms with van der Waals surface area (Å²) in [6, 6.07) is 15.5. The van der Waals surface area contributed by atoms with Gasteiger partial charge in [0.15, 0.2) is 0 Å². The fourth-order valence-corrected chi connectivity index (χ4v) is 4.07. The molecule has 0 aliphatic carbocycles. The highest BCUT2D eigenvalue weighted by Gasteiger charge is 2.26. The predicted octanol–water partition coefficient (Wildman–Crippen LogP) is 1.39. The molecule has 0 unspecified atom stereocenters. The molecule has 148 valence electrons. The van der Waals surface area contributed by atoms with Gasteiger partial charge < -0.3 is 20.7 Å². The maximum absolute atomic E-state index is 13.2. The first-order chi connectivity index (χ1) is 14.1. The topological polar surface area (TPSA) is 99.7 Å². The van der Waals surface area contributed by atoms with E-state index in [1.54, 1.807) is 18.3 Å². The number of carbonyl (C=O) groups excluding carboxylic acids is 1. The van der Waals surface area contributed by atoms with Gasteiger partial charge in [0, 0.05) is 36.8 Å². The van der Waals surface area contributed by atoms with Gasteiger partial charge in [-0.05, 0) is 47.4 Å². The number of benzene rings is 2. The van der Waals surface area contributed by atoms with Crippen LogP contribution in [-0.2, 0) is 6.54 Å². The van der Waals surface area contributed by atoms with Crippen LogP contribution in [0.25, 0.3) is 10.8 Å². The second-order valence-corrected chi connectivity index (χ2v) is 7.53. The van der Waals surface area contributed by atoms with Crippen LogP contribution in [0.1, 0.15) is 40.2 Å². The largest absolute Gasteiger partial charge is 0.508 e. The maximum atomic E-state index is 13.2. The number of fused-ring (bicyclic) bond motifs is 1. The number of likely N-dealkylation sites (tertiary alicyclic amines) is 1. The summed E-state index contributed by atoms with van der Waals surface area (Å²) < 4.78 is 0. The number of hydrogen-bond donors (Lipinski definition) is 3. The molecule has 0 saturated carbocycles. The fourth-order valence-electron chi connectivity index (χ4n) is 4.07. The Bertz CT molecular complexity index is 1030. The average Bonchev–Trinajstić information content (AvgIpc) is 2.78. The molecule has 6 nitrogen and oxygen atoms in total. The molecule has 4 N–H and O–H groups in total. The highest BCUT2D eigenvalue weighted by molar-refractivity contribution is 6.57. The summed E-state index contributed by atoms with van der Waals surface area (Å²) in [7, 11) is -1.66. The van der Waals surface area contributed by atoms with Gasteiger partial charge in [0.05, 0.1) is 5.59 Å². The first-order valence-corrected chi connectivity index (χ1v) is 9.90. The van der Waals surface area contributed by atoms with Gasteiger partial charge >= 0.3 is 7.12 Å². The van der Waals surface area contributed by atoms with Gasteiger partial charge in [0.2, 0.25) is 0 Å². The van der Waals surface area contributed by atoms with Crippen molar-refractivity contribution in [2.45, 2.75) is 25.3 Å². The Morgan fingerprint density at radius 2 is 1.90 bits per heavy atom. The first kappa shape index (κ1) is 19.6. The van der Waals surface area contributed by atoms with E-state index in [1.807, 2.05) is 29.2 Å². The van der Waals surface area contributed by atoms with E-state index in [1.165, 1.54) is 5.56 Å². The summed E-state index contributed by atoms with van der Waals surface area (Å²) >= 11 is 0. The normalized spacial score (nSPS) is 14.9. The van der Waals surface area contributed by atoms with Crippen LogP contribution in [0.15, 0.2) is 54.7 Å². The van der Waals surface area contributed by atoms with Gasteiger partial charge in [0.1, 0.15) is 0 Å². The van der Waals surface area contributed by atoms with Gasteiger partial charge in [-0.1, -0.05) is 36.4 Å². The quantitative estimate of drug-likeness (QED) is 0.586. The van der Waals surface area contributed by atoms with Crippen molar-refractivity contribution in [1.82, 2.24) is 9.88 Å². The van der Waals surface area contributed by atoms with E-state index in [0.717, 1.165) is 23.8 Å². The van der Waals surface area contributed by atoms with Gasteiger partial charge in [-0.3, -0.25) is 9.78 Å². The Kier molecular flexibility index (Phi) is 5.62. The minimum atomic E-state index is -1.66. The van der Waals surface area contributed by atoms with Crippen molar-refractivity contribution in [3.05, 3.63) is 71.4 Å². The minimum absolute atomic E-state index is 0.0330. The Morgan fingerprint density at radius 3 is 2.62 bits per heavy atom. The van der Waals surface area contributed by atoms with E-state index in [-0.39, 0.29) is 11.5 Å². The van der Waals surface area contributed by atoms with E-state index in [4.69, 9.17) is 5.73 Å². The molecule has 0 spiro atoms. The predicted molar refractivity (Wildman–Crippen MR) is 114 cm³/mol. The Morgan fingerprint density at radius 1 is 1.14 bits per heavy atom. The number of pyridine rings is 1. The molecule has 2 heterocycles. The molecule has 2 aromatic carbocycles. The van der Waals surface area contributed by atoms with Gasteiger partial charge in [0.25, 0.3) is 5.91 Å². The molecule has 1 aromatic heterocycles. The second kappa shape index (κ2) is 8.33. The Labute approximate surface area is 170 Å².